The Morgan fingerprint density at radius 3 is 3.00 bits per heavy atom. The molecule has 2 heterocycles. The summed E-state index contributed by atoms with van der Waals surface area (Å²) in [6.45, 7) is 0.425. The number of hydrogen-bond donors (Lipinski definition) is 1. The molecule has 124 valence electrons. The molecule has 1 N–H and O–H groups in total. The maximum atomic E-state index is 11.3. The van der Waals surface area contributed by atoms with Gasteiger partial charge in [-0.25, -0.2) is 0 Å². The smallest absolute Gasteiger partial charge is 0.372 e. The molecule has 7 nitrogen and oxygen atoms in total. The summed E-state index contributed by atoms with van der Waals surface area (Å²) >= 11 is 1.37. The fourth-order valence-electron chi connectivity index (χ4n) is 2.68. The van der Waals surface area contributed by atoms with Crippen LogP contribution in [0.3, 0.4) is 0 Å². The number of imidazole rings is 1. The summed E-state index contributed by atoms with van der Waals surface area (Å²) in [7, 11) is 0. The Morgan fingerprint density at radius 1 is 1.42 bits per heavy atom. The van der Waals surface area contributed by atoms with Crippen LogP contribution in [0, 0.1) is 10.1 Å². The molecule has 0 spiro atoms. The molecule has 0 unspecified atom stereocenters. The number of nitrogens with zero attached hydrogens (tertiary/aromatic N) is 3. The Hall–Kier alpha value is -2.61. The van der Waals surface area contributed by atoms with Crippen molar-refractivity contribution in [1.29, 1.82) is 0 Å². The first-order valence-electron chi connectivity index (χ1n) is 7.81. The third kappa shape index (κ3) is 2.69. The Balaban J connectivity index is 1.56. The van der Waals surface area contributed by atoms with Gasteiger partial charge < -0.3 is 20.2 Å². The quantitative estimate of drug-likeness (QED) is 0.542. The third-order valence-corrected chi connectivity index (χ3v) is 4.93. The molecule has 2 aromatic heterocycles. The molecule has 1 saturated carbocycles. The number of benzene rings is 1. The largest absolute Gasteiger partial charge is 0.490 e. The lowest BCUT2D eigenvalue weighted by Crippen LogP contribution is -2.25. The Bertz CT molecular complexity index is 884. The monoisotopic (exact) mass is 344 g/mol. The van der Waals surface area contributed by atoms with Crippen molar-refractivity contribution in [2.75, 3.05) is 5.32 Å². The molecule has 0 radical (unpaired) electrons. The molecule has 3 aromatic rings. The normalized spacial score (nSPS) is 14.5. The van der Waals surface area contributed by atoms with Crippen LogP contribution in [0.2, 0.25) is 0 Å². The van der Waals surface area contributed by atoms with E-state index in [2.05, 4.69) is 10.3 Å². The molecule has 0 aliphatic heterocycles. The van der Waals surface area contributed by atoms with Crippen molar-refractivity contribution in [3.8, 4) is 5.75 Å². The summed E-state index contributed by atoms with van der Waals surface area (Å²) in [4.78, 5) is 15.9. The topological polar surface area (TPSA) is 81.7 Å². The summed E-state index contributed by atoms with van der Waals surface area (Å²) < 4.78 is 7.48. The van der Waals surface area contributed by atoms with E-state index in [1.54, 1.807) is 11.6 Å². The zero-order valence-electron chi connectivity index (χ0n) is 12.8. The van der Waals surface area contributed by atoms with E-state index in [0.717, 1.165) is 24.2 Å². The third-order valence-electron chi connectivity index (χ3n) is 4.17. The van der Waals surface area contributed by atoms with Gasteiger partial charge in [-0.1, -0.05) is 29.5 Å². The summed E-state index contributed by atoms with van der Waals surface area (Å²) in [6.07, 6.45) is 5.33. The average molecular weight is 344 g/mol. The van der Waals surface area contributed by atoms with E-state index in [0.29, 0.717) is 17.6 Å². The molecule has 0 amide bonds. The second kappa shape index (κ2) is 6.12. The molecule has 1 fully saturated rings. The van der Waals surface area contributed by atoms with E-state index < -0.39 is 4.92 Å². The van der Waals surface area contributed by atoms with Crippen LogP contribution in [0.1, 0.15) is 24.8 Å². The SMILES string of the molecule is O=[N+]([O-])c1c(NCc2ccccc2OC2CCC2)nc2sccn12. The van der Waals surface area contributed by atoms with Crippen LogP contribution in [0.5, 0.6) is 5.75 Å². The van der Waals surface area contributed by atoms with Crippen LogP contribution >= 0.6 is 11.3 Å². The Kier molecular flexibility index (Phi) is 3.81. The Morgan fingerprint density at radius 2 is 2.25 bits per heavy atom. The Labute approximate surface area is 142 Å². The van der Waals surface area contributed by atoms with Gasteiger partial charge in [-0.3, -0.25) is 0 Å². The highest BCUT2D eigenvalue weighted by atomic mass is 32.1. The molecule has 8 heteroatoms. The second-order valence-electron chi connectivity index (χ2n) is 5.73. The van der Waals surface area contributed by atoms with Gasteiger partial charge in [0.05, 0.1) is 6.10 Å². The van der Waals surface area contributed by atoms with Gasteiger partial charge in [-0.15, -0.1) is 0 Å². The second-order valence-corrected chi connectivity index (χ2v) is 6.60. The minimum Gasteiger partial charge on any atom is -0.490 e. The van der Waals surface area contributed by atoms with E-state index in [1.165, 1.54) is 22.2 Å². The lowest BCUT2D eigenvalue weighted by Gasteiger charge is -2.27. The van der Waals surface area contributed by atoms with Gasteiger partial charge in [0.2, 0.25) is 5.82 Å². The minimum atomic E-state index is -0.411. The number of rotatable bonds is 6. The highest BCUT2D eigenvalue weighted by Crippen LogP contribution is 2.30. The van der Waals surface area contributed by atoms with E-state index in [4.69, 9.17) is 4.74 Å². The van der Waals surface area contributed by atoms with Gasteiger partial charge in [-0.05, 0) is 30.3 Å². The molecule has 4 rings (SSSR count). The number of ether oxygens (including phenoxy) is 1. The summed E-state index contributed by atoms with van der Waals surface area (Å²) in [5.74, 6) is 1.08. The van der Waals surface area contributed by atoms with E-state index in [-0.39, 0.29) is 11.6 Å². The number of para-hydroxylation sites is 1. The molecule has 0 saturated heterocycles. The molecule has 0 atom stereocenters. The molecular weight excluding hydrogens is 328 g/mol. The lowest BCUT2D eigenvalue weighted by atomic mass is 9.96. The van der Waals surface area contributed by atoms with Gasteiger partial charge in [0.15, 0.2) is 0 Å². The van der Waals surface area contributed by atoms with Crippen LogP contribution < -0.4 is 10.1 Å². The van der Waals surface area contributed by atoms with E-state index >= 15 is 0 Å². The van der Waals surface area contributed by atoms with Gasteiger partial charge >= 0.3 is 5.82 Å². The van der Waals surface area contributed by atoms with Crippen LogP contribution in [0.4, 0.5) is 11.6 Å². The summed E-state index contributed by atoms with van der Waals surface area (Å²) in [6, 6.07) is 7.78. The van der Waals surface area contributed by atoms with Gasteiger partial charge in [0, 0.05) is 17.5 Å². The number of aromatic nitrogens is 2. The average Bonchev–Trinajstić information content (AvgIpc) is 3.09. The van der Waals surface area contributed by atoms with E-state index in [9.17, 15) is 10.1 Å². The van der Waals surface area contributed by atoms with Gasteiger partial charge in [0.1, 0.15) is 11.9 Å². The predicted octanol–water partition coefficient (Wildman–Crippen LogP) is 3.85. The highest BCUT2D eigenvalue weighted by Gasteiger charge is 2.24. The van der Waals surface area contributed by atoms with E-state index in [1.807, 2.05) is 24.3 Å². The fourth-order valence-corrected chi connectivity index (χ4v) is 3.39. The first-order valence-corrected chi connectivity index (χ1v) is 8.68. The number of fused-ring (bicyclic) bond motifs is 1. The van der Waals surface area contributed by atoms with Gasteiger partial charge in [-0.2, -0.15) is 9.38 Å². The number of thiazole rings is 1. The van der Waals surface area contributed by atoms with Crippen molar-refractivity contribution in [2.24, 2.45) is 0 Å². The van der Waals surface area contributed by atoms with Crippen molar-refractivity contribution >= 4 is 27.9 Å². The molecule has 24 heavy (non-hydrogen) atoms. The van der Waals surface area contributed by atoms with Gasteiger partial charge in [0.25, 0.3) is 4.96 Å². The van der Waals surface area contributed by atoms with Crippen molar-refractivity contribution in [1.82, 2.24) is 9.38 Å². The van der Waals surface area contributed by atoms with Crippen molar-refractivity contribution in [2.45, 2.75) is 31.9 Å². The maximum Gasteiger partial charge on any atom is 0.372 e. The van der Waals surface area contributed by atoms with Crippen molar-refractivity contribution < 1.29 is 9.66 Å². The molecule has 0 bridgehead atoms. The maximum absolute atomic E-state index is 11.3. The summed E-state index contributed by atoms with van der Waals surface area (Å²) in [5, 5.41) is 16.2. The highest BCUT2D eigenvalue weighted by molar-refractivity contribution is 7.15. The first kappa shape index (κ1) is 14.9. The van der Waals surface area contributed by atoms with Crippen LogP contribution in [0.15, 0.2) is 35.8 Å². The number of nitro groups is 1. The summed E-state index contributed by atoms with van der Waals surface area (Å²) in [5.41, 5.74) is 0.968. The fraction of sp³-hybridized carbons (Fsp3) is 0.312. The van der Waals surface area contributed by atoms with Crippen LogP contribution in [0.25, 0.3) is 4.96 Å². The first-order chi connectivity index (χ1) is 11.7. The van der Waals surface area contributed by atoms with Crippen molar-refractivity contribution in [3.63, 3.8) is 0 Å². The molecule has 1 aliphatic rings. The van der Waals surface area contributed by atoms with Crippen LogP contribution in [-0.4, -0.2) is 20.4 Å². The molecule has 1 aliphatic carbocycles. The zero-order valence-corrected chi connectivity index (χ0v) is 13.7. The molecular formula is C16H16N4O3S. The number of hydrogen-bond acceptors (Lipinski definition) is 6. The standard InChI is InChI=1S/C16H16N4O3S/c21-20(22)15-14(18-16-19(15)8-9-24-16)17-10-11-4-1-2-7-13(11)23-12-5-3-6-12/h1-2,4,7-9,12,17H,3,5-6,10H2. The number of nitrogens with one attached hydrogen (secondary N) is 1. The van der Waals surface area contributed by atoms with Crippen LogP contribution in [-0.2, 0) is 6.54 Å². The predicted molar refractivity (Wildman–Crippen MR) is 91.8 cm³/mol. The minimum absolute atomic E-state index is 0.0383. The zero-order chi connectivity index (χ0) is 16.5. The number of anilines is 1. The lowest BCUT2D eigenvalue weighted by molar-refractivity contribution is -0.389. The molecule has 1 aromatic carbocycles. The van der Waals surface area contributed by atoms with Crippen molar-refractivity contribution in [3.05, 3.63) is 51.5 Å².